The molecule has 4 nitrogen and oxygen atoms in total. The third-order valence-corrected chi connectivity index (χ3v) is 2.33. The molecule has 0 spiro atoms. The smallest absolute Gasteiger partial charge is 0.237 e. The van der Waals surface area contributed by atoms with E-state index in [0.29, 0.717) is 18.0 Å². The van der Waals surface area contributed by atoms with Crippen LogP contribution in [0.2, 0.25) is 0 Å². The van der Waals surface area contributed by atoms with Gasteiger partial charge in [-0.15, -0.1) is 0 Å². The second-order valence-corrected chi connectivity index (χ2v) is 3.82. The lowest BCUT2D eigenvalue weighted by Gasteiger charge is -2.10. The minimum Gasteiger partial charge on any atom is -0.380 e. The summed E-state index contributed by atoms with van der Waals surface area (Å²) in [6.07, 6.45) is 0.835. The molecule has 2 unspecified atom stereocenters. The molecule has 1 aliphatic heterocycles. The Kier molecular flexibility index (Phi) is 4.38. The van der Waals surface area contributed by atoms with Gasteiger partial charge in [-0.2, -0.15) is 0 Å². The highest BCUT2D eigenvalue weighted by Crippen LogP contribution is 2.09. The van der Waals surface area contributed by atoms with Crippen LogP contribution in [0.3, 0.4) is 0 Å². The molecule has 14 heavy (non-hydrogen) atoms. The Hall–Kier alpha value is -0.580. The summed E-state index contributed by atoms with van der Waals surface area (Å²) in [5, 5.41) is 6.18. The van der Waals surface area contributed by atoms with Gasteiger partial charge in [0.15, 0.2) is 0 Å². The van der Waals surface area contributed by atoms with Crippen molar-refractivity contribution in [3.05, 3.63) is 11.6 Å². The Morgan fingerprint density at radius 1 is 1.79 bits per heavy atom. The van der Waals surface area contributed by atoms with Gasteiger partial charge < -0.3 is 15.4 Å². The SMILES string of the molecule is C=C(Cl)CNC(=O)C1CC(OC)CN1. The van der Waals surface area contributed by atoms with Crippen molar-refractivity contribution in [2.45, 2.75) is 18.6 Å². The zero-order chi connectivity index (χ0) is 10.6. The molecule has 0 saturated carbocycles. The summed E-state index contributed by atoms with van der Waals surface area (Å²) in [7, 11) is 1.65. The summed E-state index contributed by atoms with van der Waals surface area (Å²) < 4.78 is 5.13. The third kappa shape index (κ3) is 3.29. The van der Waals surface area contributed by atoms with Crippen LogP contribution in [0.15, 0.2) is 11.6 Å². The molecule has 1 saturated heterocycles. The van der Waals surface area contributed by atoms with Gasteiger partial charge in [0.25, 0.3) is 0 Å². The maximum atomic E-state index is 11.5. The van der Waals surface area contributed by atoms with Crippen LogP contribution in [0.25, 0.3) is 0 Å². The molecule has 5 heteroatoms. The number of carbonyl (C=O) groups excluding carboxylic acids is 1. The molecule has 0 aromatic carbocycles. The van der Waals surface area contributed by atoms with E-state index in [4.69, 9.17) is 16.3 Å². The minimum atomic E-state index is -0.170. The van der Waals surface area contributed by atoms with Crippen molar-refractivity contribution in [1.29, 1.82) is 0 Å². The van der Waals surface area contributed by atoms with Gasteiger partial charge in [-0.3, -0.25) is 4.79 Å². The molecule has 80 valence electrons. The number of rotatable bonds is 4. The zero-order valence-electron chi connectivity index (χ0n) is 8.18. The lowest BCUT2D eigenvalue weighted by atomic mass is 10.2. The number of hydrogen-bond donors (Lipinski definition) is 2. The third-order valence-electron chi connectivity index (χ3n) is 2.19. The molecule has 2 atom stereocenters. The maximum absolute atomic E-state index is 11.5. The predicted octanol–water partition coefficient (Wildman–Crippen LogP) is 0.232. The van der Waals surface area contributed by atoms with Crippen LogP contribution in [0.4, 0.5) is 0 Å². The number of methoxy groups -OCH3 is 1. The minimum absolute atomic E-state index is 0.0497. The average Bonchev–Trinajstić information content (AvgIpc) is 2.62. The summed E-state index contributed by atoms with van der Waals surface area (Å²) >= 11 is 5.53. The Morgan fingerprint density at radius 3 is 3.00 bits per heavy atom. The summed E-state index contributed by atoms with van der Waals surface area (Å²) in [4.78, 5) is 11.5. The van der Waals surface area contributed by atoms with Gasteiger partial charge in [0.2, 0.25) is 5.91 Å². The zero-order valence-corrected chi connectivity index (χ0v) is 8.93. The highest BCUT2D eigenvalue weighted by Gasteiger charge is 2.28. The van der Waals surface area contributed by atoms with Gasteiger partial charge in [-0.05, 0) is 6.42 Å². The molecular formula is C9H15ClN2O2. The van der Waals surface area contributed by atoms with Gasteiger partial charge >= 0.3 is 0 Å². The van der Waals surface area contributed by atoms with Gasteiger partial charge in [0.05, 0.1) is 18.7 Å². The van der Waals surface area contributed by atoms with Gasteiger partial charge in [-0.1, -0.05) is 18.2 Å². The molecule has 0 bridgehead atoms. The molecule has 0 aromatic rings. The first-order valence-corrected chi connectivity index (χ1v) is 4.88. The van der Waals surface area contributed by atoms with E-state index in [0.717, 1.165) is 6.54 Å². The van der Waals surface area contributed by atoms with E-state index in [9.17, 15) is 4.79 Å². The van der Waals surface area contributed by atoms with Gasteiger partial charge in [0, 0.05) is 18.7 Å². The van der Waals surface area contributed by atoms with E-state index < -0.39 is 0 Å². The van der Waals surface area contributed by atoms with Crippen LogP contribution in [0.1, 0.15) is 6.42 Å². The standard InChI is InChI=1S/C9H15ClN2O2/c1-6(10)4-12-9(13)8-3-7(14-2)5-11-8/h7-8,11H,1,3-5H2,2H3,(H,12,13). The molecule has 1 heterocycles. The summed E-state index contributed by atoms with van der Waals surface area (Å²) in [5.41, 5.74) is 0. The number of hydrogen-bond acceptors (Lipinski definition) is 3. The fourth-order valence-electron chi connectivity index (χ4n) is 1.39. The van der Waals surface area contributed by atoms with Crippen molar-refractivity contribution in [2.75, 3.05) is 20.2 Å². The highest BCUT2D eigenvalue weighted by atomic mass is 35.5. The Balaban J connectivity index is 2.28. The fraction of sp³-hybridized carbons (Fsp3) is 0.667. The van der Waals surface area contributed by atoms with Gasteiger partial charge in [-0.25, -0.2) is 0 Å². The quantitative estimate of drug-likeness (QED) is 0.711. The average molecular weight is 219 g/mol. The Labute approximate surface area is 88.6 Å². The van der Waals surface area contributed by atoms with Crippen LogP contribution >= 0.6 is 11.6 Å². The van der Waals surface area contributed by atoms with E-state index in [1.165, 1.54) is 0 Å². The lowest BCUT2D eigenvalue weighted by Crippen LogP contribution is -2.40. The van der Waals surface area contributed by atoms with E-state index >= 15 is 0 Å². The predicted molar refractivity (Wildman–Crippen MR) is 55.2 cm³/mol. The molecule has 2 N–H and O–H groups in total. The molecular weight excluding hydrogens is 204 g/mol. The van der Waals surface area contributed by atoms with E-state index in [1.54, 1.807) is 7.11 Å². The molecule has 0 radical (unpaired) electrons. The summed E-state index contributed by atoms with van der Waals surface area (Å²) in [6.45, 7) is 4.52. The Morgan fingerprint density at radius 2 is 2.50 bits per heavy atom. The molecule has 0 aliphatic carbocycles. The maximum Gasteiger partial charge on any atom is 0.237 e. The monoisotopic (exact) mass is 218 g/mol. The second-order valence-electron chi connectivity index (χ2n) is 3.29. The first-order valence-electron chi connectivity index (χ1n) is 4.50. The fourth-order valence-corrected chi connectivity index (χ4v) is 1.46. The molecule has 1 rings (SSSR count). The molecule has 1 fully saturated rings. The first-order chi connectivity index (χ1) is 6.63. The summed E-state index contributed by atoms with van der Waals surface area (Å²) in [6, 6.07) is -0.170. The second kappa shape index (κ2) is 5.34. The molecule has 1 amide bonds. The lowest BCUT2D eigenvalue weighted by molar-refractivity contribution is -0.122. The van der Waals surface area contributed by atoms with Crippen molar-refractivity contribution in [3.63, 3.8) is 0 Å². The van der Waals surface area contributed by atoms with Crippen molar-refractivity contribution in [2.24, 2.45) is 0 Å². The number of nitrogens with one attached hydrogen (secondary N) is 2. The molecule has 0 aromatic heterocycles. The van der Waals surface area contributed by atoms with Crippen LogP contribution in [0.5, 0.6) is 0 Å². The first kappa shape index (κ1) is 11.5. The van der Waals surface area contributed by atoms with Crippen LogP contribution < -0.4 is 10.6 Å². The van der Waals surface area contributed by atoms with Crippen LogP contribution in [-0.4, -0.2) is 38.3 Å². The van der Waals surface area contributed by atoms with Crippen LogP contribution in [0, 0.1) is 0 Å². The van der Waals surface area contributed by atoms with Crippen molar-refractivity contribution in [1.82, 2.24) is 10.6 Å². The highest BCUT2D eigenvalue weighted by molar-refractivity contribution is 6.29. The molecule has 1 aliphatic rings. The summed E-state index contributed by atoms with van der Waals surface area (Å²) in [5.74, 6) is -0.0497. The number of carbonyl (C=O) groups is 1. The normalized spacial score (nSPS) is 26.1. The number of ether oxygens (including phenoxy) is 1. The van der Waals surface area contributed by atoms with Crippen LogP contribution in [-0.2, 0) is 9.53 Å². The largest absolute Gasteiger partial charge is 0.380 e. The topological polar surface area (TPSA) is 50.4 Å². The van der Waals surface area contributed by atoms with Gasteiger partial charge in [0.1, 0.15) is 0 Å². The Bertz CT molecular complexity index is 233. The van der Waals surface area contributed by atoms with Crippen molar-refractivity contribution >= 4 is 17.5 Å². The van der Waals surface area contributed by atoms with E-state index in [1.807, 2.05) is 0 Å². The van der Waals surface area contributed by atoms with Crippen molar-refractivity contribution in [3.8, 4) is 0 Å². The number of amides is 1. The number of halogens is 1. The van der Waals surface area contributed by atoms with E-state index in [2.05, 4.69) is 17.2 Å². The van der Waals surface area contributed by atoms with E-state index in [-0.39, 0.29) is 18.1 Å². The van der Waals surface area contributed by atoms with Crippen molar-refractivity contribution < 1.29 is 9.53 Å².